The van der Waals surface area contributed by atoms with Crippen LogP contribution >= 0.6 is 0 Å². The first kappa shape index (κ1) is 12.4. The molecule has 0 radical (unpaired) electrons. The van der Waals surface area contributed by atoms with Crippen molar-refractivity contribution < 1.29 is 0 Å². The van der Waals surface area contributed by atoms with E-state index in [9.17, 15) is 0 Å². The normalized spacial score (nSPS) is 9.12. The summed E-state index contributed by atoms with van der Waals surface area (Å²) in [4.78, 5) is 3.89. The molecule has 1 heteroatoms. The second kappa shape index (κ2) is 7.63. The molecule has 0 saturated heterocycles. The molecule has 0 fully saturated rings. The van der Waals surface area contributed by atoms with E-state index in [2.05, 4.69) is 43.1 Å². The van der Waals surface area contributed by atoms with Crippen LogP contribution in [0.15, 0.2) is 54.9 Å². The molecule has 0 atom stereocenters. The third-order valence-electron chi connectivity index (χ3n) is 2.41. The molecule has 0 aliphatic heterocycles. The molecular weight excluding hydrogens is 194 g/mol. The van der Waals surface area contributed by atoms with Gasteiger partial charge in [0.2, 0.25) is 0 Å². The minimum absolute atomic E-state index is 1.10. The molecule has 1 heterocycles. The van der Waals surface area contributed by atoms with Crippen LogP contribution in [0.4, 0.5) is 0 Å². The Morgan fingerprint density at radius 2 is 1.25 bits per heavy atom. The molecule has 2 rings (SSSR count). The quantitative estimate of drug-likeness (QED) is 0.737. The molecule has 0 spiro atoms. The number of hydrogen-bond donors (Lipinski definition) is 0. The van der Waals surface area contributed by atoms with Gasteiger partial charge in [-0.25, -0.2) is 0 Å². The highest BCUT2D eigenvalue weighted by Gasteiger charge is 1.81. The van der Waals surface area contributed by atoms with Crippen LogP contribution in [-0.4, -0.2) is 4.98 Å². The summed E-state index contributed by atoms with van der Waals surface area (Å²) < 4.78 is 0. The number of hydrogen-bond acceptors (Lipinski definition) is 1. The number of rotatable bonds is 2. The highest BCUT2D eigenvalue weighted by Crippen LogP contribution is 1.97. The standard InChI is InChI=1S/C8H10.C7H9N/c1-2-8-6-4-3-5-7-8;1-2-7-3-5-8-6-4-7/h3-7H,2H2,1H3;3-6H,2H2,1H3. The molecule has 0 bridgehead atoms. The predicted molar refractivity (Wildman–Crippen MR) is 69.4 cm³/mol. The van der Waals surface area contributed by atoms with E-state index >= 15 is 0 Å². The molecule has 0 unspecified atom stereocenters. The Labute approximate surface area is 98.2 Å². The first-order valence-electron chi connectivity index (χ1n) is 5.79. The van der Waals surface area contributed by atoms with Crippen molar-refractivity contribution in [2.45, 2.75) is 26.7 Å². The number of aryl methyl sites for hydroxylation is 2. The lowest BCUT2D eigenvalue weighted by atomic mass is 10.2. The van der Waals surface area contributed by atoms with Gasteiger partial charge in [-0.2, -0.15) is 0 Å². The van der Waals surface area contributed by atoms with E-state index < -0.39 is 0 Å². The van der Waals surface area contributed by atoms with Gasteiger partial charge < -0.3 is 0 Å². The van der Waals surface area contributed by atoms with Crippen molar-refractivity contribution in [2.24, 2.45) is 0 Å². The zero-order valence-corrected chi connectivity index (χ0v) is 10.1. The smallest absolute Gasteiger partial charge is 0.0270 e. The largest absolute Gasteiger partial charge is 0.265 e. The predicted octanol–water partition coefficient (Wildman–Crippen LogP) is 3.89. The Bertz CT molecular complexity index is 328. The van der Waals surface area contributed by atoms with Crippen molar-refractivity contribution in [1.29, 1.82) is 0 Å². The summed E-state index contributed by atoms with van der Waals surface area (Å²) in [6, 6.07) is 14.5. The average Bonchev–Trinajstić information content (AvgIpc) is 2.41. The molecule has 1 aromatic heterocycles. The van der Waals surface area contributed by atoms with Crippen LogP contribution in [-0.2, 0) is 12.8 Å². The molecule has 1 nitrogen and oxygen atoms in total. The highest BCUT2D eigenvalue weighted by molar-refractivity contribution is 5.13. The van der Waals surface area contributed by atoms with E-state index in [1.165, 1.54) is 11.1 Å². The summed E-state index contributed by atoms with van der Waals surface area (Å²) in [5.74, 6) is 0. The summed E-state index contributed by atoms with van der Waals surface area (Å²) in [5, 5.41) is 0. The monoisotopic (exact) mass is 213 g/mol. The Morgan fingerprint density at radius 3 is 1.62 bits per heavy atom. The lowest BCUT2D eigenvalue weighted by Gasteiger charge is -1.89. The highest BCUT2D eigenvalue weighted by atomic mass is 14.6. The van der Waals surface area contributed by atoms with Gasteiger partial charge >= 0.3 is 0 Å². The van der Waals surface area contributed by atoms with E-state index in [4.69, 9.17) is 0 Å². The van der Waals surface area contributed by atoms with Crippen molar-refractivity contribution in [3.63, 3.8) is 0 Å². The van der Waals surface area contributed by atoms with Gasteiger partial charge in [-0.15, -0.1) is 0 Å². The molecule has 0 amide bonds. The third-order valence-corrected chi connectivity index (χ3v) is 2.41. The Balaban J connectivity index is 0.000000160. The molecule has 0 aliphatic rings. The van der Waals surface area contributed by atoms with Crippen LogP contribution in [0.25, 0.3) is 0 Å². The fraction of sp³-hybridized carbons (Fsp3) is 0.267. The molecule has 2 aromatic rings. The van der Waals surface area contributed by atoms with Crippen LogP contribution in [0.5, 0.6) is 0 Å². The van der Waals surface area contributed by atoms with Crippen LogP contribution < -0.4 is 0 Å². The van der Waals surface area contributed by atoms with Gasteiger partial charge in [-0.05, 0) is 36.1 Å². The summed E-state index contributed by atoms with van der Waals surface area (Å²) in [5.41, 5.74) is 2.76. The first-order chi connectivity index (χ1) is 7.86. The van der Waals surface area contributed by atoms with E-state index in [1.54, 1.807) is 0 Å². The minimum atomic E-state index is 1.10. The van der Waals surface area contributed by atoms with Gasteiger partial charge in [0.05, 0.1) is 0 Å². The molecule has 0 saturated carbocycles. The lowest BCUT2D eigenvalue weighted by Crippen LogP contribution is -1.76. The van der Waals surface area contributed by atoms with Crippen LogP contribution in [0, 0.1) is 0 Å². The lowest BCUT2D eigenvalue weighted by molar-refractivity contribution is 1.12. The van der Waals surface area contributed by atoms with Crippen molar-refractivity contribution in [3.05, 3.63) is 66.0 Å². The maximum Gasteiger partial charge on any atom is 0.0270 e. The Morgan fingerprint density at radius 1 is 0.750 bits per heavy atom. The number of benzene rings is 1. The van der Waals surface area contributed by atoms with E-state index in [-0.39, 0.29) is 0 Å². The van der Waals surface area contributed by atoms with E-state index in [0.717, 1.165) is 12.8 Å². The van der Waals surface area contributed by atoms with Crippen LogP contribution in [0.2, 0.25) is 0 Å². The Kier molecular flexibility index (Phi) is 5.94. The summed E-state index contributed by atoms with van der Waals surface area (Å²) in [6.45, 7) is 4.30. The van der Waals surface area contributed by atoms with Gasteiger partial charge in [-0.1, -0.05) is 44.2 Å². The van der Waals surface area contributed by atoms with E-state index in [0.29, 0.717) is 0 Å². The second-order valence-electron chi connectivity index (χ2n) is 3.55. The number of pyridine rings is 1. The SMILES string of the molecule is CCc1ccccc1.CCc1ccncc1. The number of aromatic nitrogens is 1. The van der Waals surface area contributed by atoms with Crippen LogP contribution in [0.3, 0.4) is 0 Å². The summed E-state index contributed by atoms with van der Waals surface area (Å²) in [7, 11) is 0. The molecule has 84 valence electrons. The maximum atomic E-state index is 3.89. The summed E-state index contributed by atoms with van der Waals surface area (Å²) >= 11 is 0. The van der Waals surface area contributed by atoms with Gasteiger partial charge in [0.25, 0.3) is 0 Å². The average molecular weight is 213 g/mol. The van der Waals surface area contributed by atoms with Crippen molar-refractivity contribution in [1.82, 2.24) is 4.98 Å². The van der Waals surface area contributed by atoms with Gasteiger partial charge in [-0.3, -0.25) is 4.98 Å². The van der Waals surface area contributed by atoms with Crippen molar-refractivity contribution in [3.8, 4) is 0 Å². The first-order valence-corrected chi connectivity index (χ1v) is 5.79. The van der Waals surface area contributed by atoms with Gasteiger partial charge in [0.1, 0.15) is 0 Å². The van der Waals surface area contributed by atoms with Crippen molar-refractivity contribution >= 4 is 0 Å². The molecule has 0 aliphatic carbocycles. The second-order valence-corrected chi connectivity index (χ2v) is 3.55. The molecule has 16 heavy (non-hydrogen) atoms. The molecule has 0 N–H and O–H groups in total. The summed E-state index contributed by atoms with van der Waals surface area (Å²) in [6.07, 6.45) is 5.88. The Hall–Kier alpha value is -1.63. The zero-order chi connectivity index (χ0) is 11.6. The topological polar surface area (TPSA) is 12.9 Å². The van der Waals surface area contributed by atoms with Gasteiger partial charge in [0.15, 0.2) is 0 Å². The molecule has 1 aromatic carbocycles. The number of nitrogens with zero attached hydrogens (tertiary/aromatic N) is 1. The fourth-order valence-electron chi connectivity index (χ4n) is 1.33. The van der Waals surface area contributed by atoms with Gasteiger partial charge in [0, 0.05) is 12.4 Å². The maximum absolute atomic E-state index is 3.89. The molecular formula is C15H19N. The van der Waals surface area contributed by atoms with Crippen LogP contribution in [0.1, 0.15) is 25.0 Å². The third kappa shape index (κ3) is 4.74. The fourth-order valence-corrected chi connectivity index (χ4v) is 1.33. The van der Waals surface area contributed by atoms with E-state index in [1.807, 2.05) is 30.6 Å². The minimum Gasteiger partial charge on any atom is -0.265 e. The zero-order valence-electron chi connectivity index (χ0n) is 10.1. The van der Waals surface area contributed by atoms with Crippen molar-refractivity contribution in [2.75, 3.05) is 0 Å².